The van der Waals surface area contributed by atoms with E-state index in [4.69, 9.17) is 5.73 Å². The summed E-state index contributed by atoms with van der Waals surface area (Å²) in [5.41, 5.74) is 7.54. The Morgan fingerprint density at radius 3 is 3.27 bits per heavy atom. The standard InChI is InChI=1S/C7H10N4/c1-11-4-10-7-6(11)5(8)2-3-9-7/h2,4,9H,3,8H2,1H3. The number of aromatic nitrogens is 2. The van der Waals surface area contributed by atoms with E-state index in [0.717, 1.165) is 23.8 Å². The number of nitrogens with one attached hydrogen (secondary N) is 1. The van der Waals surface area contributed by atoms with E-state index in [0.29, 0.717) is 0 Å². The van der Waals surface area contributed by atoms with E-state index in [9.17, 15) is 0 Å². The van der Waals surface area contributed by atoms with Gasteiger partial charge in [0, 0.05) is 13.6 Å². The molecule has 11 heavy (non-hydrogen) atoms. The second-order valence-corrected chi connectivity index (χ2v) is 2.59. The van der Waals surface area contributed by atoms with Gasteiger partial charge in [-0.1, -0.05) is 0 Å². The molecule has 1 aromatic rings. The molecule has 2 heterocycles. The Kier molecular flexibility index (Phi) is 1.15. The fraction of sp³-hybridized carbons (Fsp3) is 0.286. The lowest BCUT2D eigenvalue weighted by Crippen LogP contribution is -2.13. The fourth-order valence-corrected chi connectivity index (χ4v) is 1.25. The van der Waals surface area contributed by atoms with Crippen LogP contribution in [-0.2, 0) is 7.05 Å². The quantitative estimate of drug-likeness (QED) is 0.553. The maximum atomic E-state index is 5.75. The molecule has 0 spiro atoms. The zero-order chi connectivity index (χ0) is 7.84. The van der Waals surface area contributed by atoms with Gasteiger partial charge in [-0.05, 0) is 6.08 Å². The molecule has 58 valence electrons. The van der Waals surface area contributed by atoms with E-state index in [-0.39, 0.29) is 0 Å². The van der Waals surface area contributed by atoms with Crippen molar-refractivity contribution in [2.75, 3.05) is 11.9 Å². The van der Waals surface area contributed by atoms with Gasteiger partial charge in [-0.2, -0.15) is 0 Å². The molecule has 3 N–H and O–H groups in total. The van der Waals surface area contributed by atoms with Crippen molar-refractivity contribution in [2.45, 2.75) is 0 Å². The third-order valence-electron chi connectivity index (χ3n) is 1.80. The molecular formula is C7H10N4. The molecule has 0 fully saturated rings. The zero-order valence-electron chi connectivity index (χ0n) is 6.33. The predicted octanol–water partition coefficient (Wildman–Crippen LogP) is 0.145. The largest absolute Gasteiger partial charge is 0.397 e. The number of imidazole rings is 1. The van der Waals surface area contributed by atoms with Crippen LogP contribution in [0.4, 0.5) is 5.82 Å². The Bertz CT molecular complexity index is 310. The van der Waals surface area contributed by atoms with Gasteiger partial charge in [-0.15, -0.1) is 0 Å². The van der Waals surface area contributed by atoms with Crippen LogP contribution >= 0.6 is 0 Å². The van der Waals surface area contributed by atoms with Gasteiger partial charge in [0.1, 0.15) is 5.69 Å². The fourth-order valence-electron chi connectivity index (χ4n) is 1.25. The number of aryl methyl sites for hydroxylation is 1. The summed E-state index contributed by atoms with van der Waals surface area (Å²) in [4.78, 5) is 4.14. The van der Waals surface area contributed by atoms with Crippen LogP contribution in [0.3, 0.4) is 0 Å². The van der Waals surface area contributed by atoms with E-state index in [1.54, 1.807) is 6.33 Å². The highest BCUT2D eigenvalue weighted by Gasteiger charge is 2.13. The van der Waals surface area contributed by atoms with E-state index in [1.165, 1.54) is 0 Å². The topological polar surface area (TPSA) is 55.9 Å². The third-order valence-corrected chi connectivity index (χ3v) is 1.80. The van der Waals surface area contributed by atoms with Crippen LogP contribution in [0, 0.1) is 0 Å². The Hall–Kier alpha value is -1.45. The van der Waals surface area contributed by atoms with Crippen molar-refractivity contribution in [1.82, 2.24) is 9.55 Å². The normalized spacial score (nSPS) is 15.2. The van der Waals surface area contributed by atoms with Gasteiger partial charge < -0.3 is 15.6 Å². The average molecular weight is 150 g/mol. The molecule has 2 rings (SSSR count). The number of fused-ring (bicyclic) bond motifs is 1. The van der Waals surface area contributed by atoms with Crippen LogP contribution in [-0.4, -0.2) is 16.1 Å². The first-order valence-electron chi connectivity index (χ1n) is 3.50. The summed E-state index contributed by atoms with van der Waals surface area (Å²) in [5.74, 6) is 0.882. The minimum Gasteiger partial charge on any atom is -0.397 e. The lowest BCUT2D eigenvalue weighted by molar-refractivity contribution is 0.893. The Balaban J connectivity index is 2.61. The maximum absolute atomic E-state index is 5.75. The van der Waals surface area contributed by atoms with Gasteiger partial charge in [-0.3, -0.25) is 0 Å². The van der Waals surface area contributed by atoms with Crippen molar-refractivity contribution in [2.24, 2.45) is 12.8 Å². The summed E-state index contributed by atoms with van der Waals surface area (Å²) in [6.07, 6.45) is 3.70. The minimum atomic E-state index is 0.774. The second kappa shape index (κ2) is 2.02. The SMILES string of the molecule is Cn1cnc2c1C(N)=CCN2. The van der Waals surface area contributed by atoms with Gasteiger partial charge in [0.15, 0.2) is 5.82 Å². The van der Waals surface area contributed by atoms with Crippen molar-refractivity contribution in [1.29, 1.82) is 0 Å². The van der Waals surface area contributed by atoms with Crippen LogP contribution in [0.25, 0.3) is 5.70 Å². The Morgan fingerprint density at radius 2 is 2.55 bits per heavy atom. The van der Waals surface area contributed by atoms with E-state index < -0.39 is 0 Å². The molecule has 0 aromatic carbocycles. The molecule has 0 radical (unpaired) electrons. The van der Waals surface area contributed by atoms with Gasteiger partial charge in [0.25, 0.3) is 0 Å². The van der Waals surface area contributed by atoms with E-state index >= 15 is 0 Å². The maximum Gasteiger partial charge on any atom is 0.154 e. The monoisotopic (exact) mass is 150 g/mol. The molecule has 0 atom stereocenters. The van der Waals surface area contributed by atoms with Crippen LogP contribution in [0.2, 0.25) is 0 Å². The van der Waals surface area contributed by atoms with Crippen molar-refractivity contribution < 1.29 is 0 Å². The molecule has 4 heteroatoms. The Labute approximate surface area is 64.7 Å². The van der Waals surface area contributed by atoms with Crippen LogP contribution in [0.5, 0.6) is 0 Å². The highest BCUT2D eigenvalue weighted by Crippen LogP contribution is 2.21. The summed E-state index contributed by atoms with van der Waals surface area (Å²) in [5, 5.41) is 3.13. The van der Waals surface area contributed by atoms with Crippen molar-refractivity contribution >= 4 is 11.5 Å². The smallest absolute Gasteiger partial charge is 0.154 e. The van der Waals surface area contributed by atoms with Crippen molar-refractivity contribution in [3.8, 4) is 0 Å². The van der Waals surface area contributed by atoms with E-state index in [2.05, 4.69) is 10.3 Å². The first kappa shape index (κ1) is 6.27. The van der Waals surface area contributed by atoms with Gasteiger partial charge in [0.2, 0.25) is 0 Å². The lowest BCUT2D eigenvalue weighted by atomic mass is 10.2. The zero-order valence-corrected chi connectivity index (χ0v) is 6.33. The molecular weight excluding hydrogens is 140 g/mol. The number of hydrogen-bond donors (Lipinski definition) is 2. The number of hydrogen-bond acceptors (Lipinski definition) is 3. The molecule has 4 nitrogen and oxygen atoms in total. The van der Waals surface area contributed by atoms with Crippen LogP contribution in [0.1, 0.15) is 5.69 Å². The first-order chi connectivity index (χ1) is 5.29. The molecule has 1 aromatic heterocycles. The highest BCUT2D eigenvalue weighted by atomic mass is 15.1. The van der Waals surface area contributed by atoms with Crippen molar-refractivity contribution in [3.63, 3.8) is 0 Å². The van der Waals surface area contributed by atoms with Gasteiger partial charge in [0.05, 0.1) is 12.0 Å². The average Bonchev–Trinajstić information content (AvgIpc) is 2.34. The molecule has 0 saturated carbocycles. The molecule has 0 aliphatic carbocycles. The van der Waals surface area contributed by atoms with Gasteiger partial charge >= 0.3 is 0 Å². The van der Waals surface area contributed by atoms with Crippen LogP contribution < -0.4 is 11.1 Å². The molecule has 0 bridgehead atoms. The molecule has 0 unspecified atom stereocenters. The second-order valence-electron chi connectivity index (χ2n) is 2.59. The molecule has 1 aliphatic heterocycles. The summed E-state index contributed by atoms with van der Waals surface area (Å²) in [7, 11) is 1.93. The third kappa shape index (κ3) is 0.790. The van der Waals surface area contributed by atoms with Crippen molar-refractivity contribution in [3.05, 3.63) is 18.1 Å². The molecule has 1 aliphatic rings. The number of nitrogens with two attached hydrogens (primary N) is 1. The van der Waals surface area contributed by atoms with Gasteiger partial charge in [-0.25, -0.2) is 4.98 Å². The summed E-state index contributed by atoms with van der Waals surface area (Å²) in [6, 6.07) is 0. The lowest BCUT2D eigenvalue weighted by Gasteiger charge is -2.12. The number of nitrogens with zero attached hydrogens (tertiary/aromatic N) is 2. The summed E-state index contributed by atoms with van der Waals surface area (Å²) < 4.78 is 1.91. The van der Waals surface area contributed by atoms with E-state index in [1.807, 2.05) is 17.7 Å². The first-order valence-corrected chi connectivity index (χ1v) is 3.50. The summed E-state index contributed by atoms with van der Waals surface area (Å²) in [6.45, 7) is 0.774. The summed E-state index contributed by atoms with van der Waals surface area (Å²) >= 11 is 0. The molecule has 0 amide bonds. The minimum absolute atomic E-state index is 0.774. The molecule has 0 saturated heterocycles. The van der Waals surface area contributed by atoms with Crippen LogP contribution in [0.15, 0.2) is 12.4 Å². The predicted molar refractivity (Wildman–Crippen MR) is 43.9 cm³/mol. The highest BCUT2D eigenvalue weighted by molar-refractivity contribution is 5.72. The number of rotatable bonds is 0. The number of anilines is 1. The Morgan fingerprint density at radius 1 is 1.73 bits per heavy atom.